The van der Waals surface area contributed by atoms with E-state index in [0.717, 1.165) is 6.07 Å². The number of aliphatic imine (C=N–C) groups is 1. The van der Waals surface area contributed by atoms with Crippen LogP contribution in [0.4, 0.5) is 14.6 Å². The van der Waals surface area contributed by atoms with Gasteiger partial charge in [-0.25, -0.2) is 23.7 Å². The summed E-state index contributed by atoms with van der Waals surface area (Å²) >= 11 is 0. The largest absolute Gasteiger partial charge is 0.481 e. The van der Waals surface area contributed by atoms with E-state index in [0.29, 0.717) is 42.1 Å². The van der Waals surface area contributed by atoms with E-state index in [1.807, 2.05) is 25.7 Å². The maximum Gasteiger partial charge on any atom is 0.283 e. The third-order valence-corrected chi connectivity index (χ3v) is 5.94. The van der Waals surface area contributed by atoms with Gasteiger partial charge in [-0.1, -0.05) is 6.07 Å². The molecular weight excluding hydrogens is 442 g/mol. The highest BCUT2D eigenvalue weighted by atomic mass is 19.1. The van der Waals surface area contributed by atoms with Gasteiger partial charge in [-0.3, -0.25) is 14.6 Å². The Morgan fingerprint density at radius 2 is 1.97 bits per heavy atom. The summed E-state index contributed by atoms with van der Waals surface area (Å²) in [6.45, 7) is 6.86. The van der Waals surface area contributed by atoms with Crippen LogP contribution in [0.15, 0.2) is 41.5 Å². The summed E-state index contributed by atoms with van der Waals surface area (Å²) in [7, 11) is 1.52. The van der Waals surface area contributed by atoms with Crippen molar-refractivity contribution in [3.63, 3.8) is 0 Å². The molecule has 34 heavy (non-hydrogen) atoms. The lowest BCUT2D eigenvalue weighted by molar-refractivity contribution is 0.0841. The average Bonchev–Trinajstić information content (AvgIpc) is 3.33. The number of rotatable bonds is 5. The summed E-state index contributed by atoms with van der Waals surface area (Å²) in [5.74, 6) is 0.358. The van der Waals surface area contributed by atoms with Gasteiger partial charge in [0.1, 0.15) is 23.3 Å². The number of ether oxygens (including phenoxy) is 1. The predicted molar refractivity (Wildman–Crippen MR) is 123 cm³/mol. The van der Waals surface area contributed by atoms with Gasteiger partial charge in [-0.05, 0) is 32.9 Å². The van der Waals surface area contributed by atoms with Crippen molar-refractivity contribution in [3.8, 4) is 17.3 Å². The van der Waals surface area contributed by atoms with Crippen LogP contribution in [0.3, 0.4) is 0 Å². The van der Waals surface area contributed by atoms with Crippen LogP contribution in [0, 0.1) is 11.6 Å². The van der Waals surface area contributed by atoms with E-state index < -0.39 is 17.2 Å². The summed E-state index contributed by atoms with van der Waals surface area (Å²) in [6.07, 6.45) is 1.59. The number of nitrogens with zero attached hydrogens (tertiary/aromatic N) is 6. The number of amides is 1. The molecule has 5 rings (SSSR count). The maximum atomic E-state index is 14.7. The number of hydrogen-bond donors (Lipinski definition) is 0. The third kappa shape index (κ3) is 3.49. The quantitative estimate of drug-likeness (QED) is 0.573. The first kappa shape index (κ1) is 22.0. The molecule has 0 saturated carbocycles. The van der Waals surface area contributed by atoms with Crippen molar-refractivity contribution in [2.24, 2.45) is 4.99 Å². The summed E-state index contributed by atoms with van der Waals surface area (Å²) in [4.78, 5) is 30.7. The van der Waals surface area contributed by atoms with Crippen molar-refractivity contribution in [2.75, 3.05) is 25.1 Å². The predicted octanol–water partition coefficient (Wildman–Crippen LogP) is 3.71. The number of carbonyl (C=O) groups is 1. The second-order valence-corrected chi connectivity index (χ2v) is 8.88. The van der Waals surface area contributed by atoms with Gasteiger partial charge < -0.3 is 9.30 Å². The van der Waals surface area contributed by atoms with Gasteiger partial charge in [0.05, 0.1) is 25.7 Å². The van der Waals surface area contributed by atoms with Crippen molar-refractivity contribution in [1.82, 2.24) is 19.4 Å². The summed E-state index contributed by atoms with van der Waals surface area (Å²) in [5.41, 5.74) is 0.729. The van der Waals surface area contributed by atoms with Crippen molar-refractivity contribution in [3.05, 3.63) is 59.4 Å². The Balaban J connectivity index is 1.73. The number of imidazole rings is 1. The number of guanidine groups is 1. The number of carbonyl (C=O) groups excluding carboxylic acids is 1. The topological polar surface area (TPSA) is 75.9 Å². The molecule has 2 aromatic heterocycles. The Morgan fingerprint density at radius 1 is 1.18 bits per heavy atom. The van der Waals surface area contributed by atoms with Crippen molar-refractivity contribution >= 4 is 17.7 Å². The first-order chi connectivity index (χ1) is 16.2. The van der Waals surface area contributed by atoms with E-state index in [1.165, 1.54) is 19.2 Å². The van der Waals surface area contributed by atoms with Gasteiger partial charge >= 0.3 is 0 Å². The monoisotopic (exact) mass is 466 g/mol. The number of aromatic nitrogens is 3. The molecule has 0 unspecified atom stereocenters. The minimum absolute atomic E-state index is 0.0411. The molecule has 0 saturated heterocycles. The minimum atomic E-state index is -0.672. The van der Waals surface area contributed by atoms with Crippen LogP contribution in [-0.4, -0.2) is 57.0 Å². The zero-order chi connectivity index (χ0) is 24.2. The SMILES string of the molecule is CCN1C(=O)c2nc(-c3ccc(OC)nc3)n(Cc3ccc(F)cc3F)c2N2CC(C)(C)N=C12. The summed E-state index contributed by atoms with van der Waals surface area (Å²) in [5, 5.41) is 0. The summed E-state index contributed by atoms with van der Waals surface area (Å²) in [6, 6.07) is 6.94. The highest BCUT2D eigenvalue weighted by molar-refractivity contribution is 6.18. The van der Waals surface area contributed by atoms with Crippen LogP contribution in [0.25, 0.3) is 11.4 Å². The van der Waals surface area contributed by atoms with Crippen molar-refractivity contribution < 1.29 is 18.3 Å². The number of methoxy groups -OCH3 is 1. The van der Waals surface area contributed by atoms with Gasteiger partial charge in [0.25, 0.3) is 5.91 Å². The van der Waals surface area contributed by atoms with Crippen molar-refractivity contribution in [2.45, 2.75) is 32.9 Å². The Hall–Kier alpha value is -3.82. The van der Waals surface area contributed by atoms with Gasteiger partial charge in [0.15, 0.2) is 5.69 Å². The highest BCUT2D eigenvalue weighted by Gasteiger charge is 2.45. The maximum absolute atomic E-state index is 14.7. The second-order valence-electron chi connectivity index (χ2n) is 8.88. The molecule has 2 aliphatic heterocycles. The molecule has 4 heterocycles. The molecule has 0 spiro atoms. The number of hydrogen-bond acceptors (Lipinski definition) is 6. The first-order valence-corrected chi connectivity index (χ1v) is 11.0. The number of halogens is 2. The van der Waals surface area contributed by atoms with Gasteiger partial charge in [-0.15, -0.1) is 0 Å². The smallest absolute Gasteiger partial charge is 0.283 e. The fourth-order valence-corrected chi connectivity index (χ4v) is 4.39. The Morgan fingerprint density at radius 3 is 2.62 bits per heavy atom. The van der Waals surface area contributed by atoms with E-state index >= 15 is 0 Å². The Kier molecular flexibility index (Phi) is 5.11. The molecular formula is C24H24F2N6O2. The molecule has 0 bridgehead atoms. The number of pyridine rings is 1. The van der Waals surface area contributed by atoms with E-state index in [1.54, 1.807) is 27.8 Å². The first-order valence-electron chi connectivity index (χ1n) is 11.0. The molecule has 2 aliphatic rings. The highest BCUT2D eigenvalue weighted by Crippen LogP contribution is 2.38. The molecule has 3 aromatic rings. The van der Waals surface area contributed by atoms with Gasteiger partial charge in [0, 0.05) is 36.0 Å². The van der Waals surface area contributed by atoms with Crippen LogP contribution >= 0.6 is 0 Å². The molecule has 1 amide bonds. The second kappa shape index (κ2) is 7.89. The normalized spacial score (nSPS) is 16.4. The third-order valence-electron chi connectivity index (χ3n) is 5.94. The number of anilines is 1. The lowest BCUT2D eigenvalue weighted by atomic mass is 10.1. The fraction of sp³-hybridized carbons (Fsp3) is 0.333. The Bertz CT molecular complexity index is 1320. The van der Waals surface area contributed by atoms with Crippen molar-refractivity contribution in [1.29, 1.82) is 0 Å². The lowest BCUT2D eigenvalue weighted by Gasteiger charge is -2.34. The molecule has 0 N–H and O–H groups in total. The van der Waals surface area contributed by atoms with Gasteiger partial charge in [-0.2, -0.15) is 0 Å². The van der Waals surface area contributed by atoms with E-state index in [-0.39, 0.29) is 23.7 Å². The minimum Gasteiger partial charge on any atom is -0.481 e. The van der Waals surface area contributed by atoms with Crippen LogP contribution in [0.1, 0.15) is 36.8 Å². The number of benzene rings is 1. The number of fused-ring (bicyclic) bond motifs is 3. The van der Waals surface area contributed by atoms with Crippen LogP contribution < -0.4 is 9.64 Å². The van der Waals surface area contributed by atoms with Crippen LogP contribution in [0.2, 0.25) is 0 Å². The molecule has 8 nitrogen and oxygen atoms in total. The Labute approximate surface area is 195 Å². The summed E-state index contributed by atoms with van der Waals surface area (Å²) < 4.78 is 35.2. The van der Waals surface area contributed by atoms with E-state index in [9.17, 15) is 13.6 Å². The van der Waals surface area contributed by atoms with Crippen LogP contribution in [-0.2, 0) is 6.54 Å². The molecule has 10 heteroatoms. The van der Waals surface area contributed by atoms with E-state index in [2.05, 4.69) is 4.98 Å². The van der Waals surface area contributed by atoms with Crippen LogP contribution in [0.5, 0.6) is 5.88 Å². The average molecular weight is 466 g/mol. The molecule has 0 atom stereocenters. The van der Waals surface area contributed by atoms with E-state index in [4.69, 9.17) is 14.7 Å². The molecule has 0 aliphatic carbocycles. The molecule has 1 aromatic carbocycles. The molecule has 0 fully saturated rings. The lowest BCUT2D eigenvalue weighted by Crippen LogP contribution is -2.51. The molecule has 176 valence electrons. The zero-order valence-corrected chi connectivity index (χ0v) is 19.3. The standard InChI is InChI=1S/C24H24F2N6O2/c1-5-30-22(33)19-21(32-13-24(2,3)29-23(30)32)31(12-15-6-8-16(25)10-17(15)26)20(28-19)14-7-9-18(34-4)27-11-14/h6-11H,5,12-13H2,1-4H3. The van der Waals surface area contributed by atoms with Gasteiger partial charge in [0.2, 0.25) is 11.8 Å². The molecule has 0 radical (unpaired) electrons. The zero-order valence-electron chi connectivity index (χ0n) is 19.3. The fourth-order valence-electron chi connectivity index (χ4n) is 4.39.